The molecule has 3 aromatic rings. The molecule has 0 unspecified atom stereocenters. The fourth-order valence-electron chi connectivity index (χ4n) is 3.08. The van der Waals surface area contributed by atoms with Gasteiger partial charge in [-0.2, -0.15) is 0 Å². The van der Waals surface area contributed by atoms with Gasteiger partial charge in [0, 0.05) is 18.8 Å². The summed E-state index contributed by atoms with van der Waals surface area (Å²) in [5.41, 5.74) is 2.52. The molecule has 1 heterocycles. The zero-order valence-electron chi connectivity index (χ0n) is 18.5. The standard InChI is InChI=1S/C24H24F2N4O3/c1-5-20(31)29-16-8-6-7-14(2)23(16)30-19-10-9-15(12-27-19)13-28-24-21(25)17(32-3)11-18(33-4)22(24)26/h5-12,28H,1,13H2,2-4H3,(H,27,30)(H,29,31). The molecule has 0 atom stereocenters. The molecule has 0 radical (unpaired) electrons. The number of hydrogen-bond donors (Lipinski definition) is 3. The van der Waals surface area contributed by atoms with Crippen LogP contribution in [0.3, 0.4) is 0 Å². The van der Waals surface area contributed by atoms with Crippen molar-refractivity contribution < 1.29 is 23.0 Å². The van der Waals surface area contributed by atoms with Gasteiger partial charge in [0.15, 0.2) is 23.1 Å². The van der Waals surface area contributed by atoms with E-state index in [1.54, 1.807) is 24.4 Å². The second-order valence-electron chi connectivity index (χ2n) is 7.01. The molecule has 172 valence electrons. The third-order valence-electron chi connectivity index (χ3n) is 4.84. The fourth-order valence-corrected chi connectivity index (χ4v) is 3.08. The van der Waals surface area contributed by atoms with Gasteiger partial charge in [-0.1, -0.05) is 24.8 Å². The van der Waals surface area contributed by atoms with Crippen molar-refractivity contribution in [2.24, 2.45) is 0 Å². The lowest BCUT2D eigenvalue weighted by molar-refractivity contribution is -0.111. The van der Waals surface area contributed by atoms with Crippen molar-refractivity contribution in [3.8, 4) is 11.5 Å². The summed E-state index contributed by atoms with van der Waals surface area (Å²) in [6.07, 6.45) is 2.76. The highest BCUT2D eigenvalue weighted by Crippen LogP contribution is 2.35. The molecule has 0 aliphatic rings. The number of halogens is 2. The minimum absolute atomic E-state index is 0.114. The monoisotopic (exact) mass is 454 g/mol. The first-order chi connectivity index (χ1) is 15.9. The summed E-state index contributed by atoms with van der Waals surface area (Å²) >= 11 is 0. The van der Waals surface area contributed by atoms with E-state index in [9.17, 15) is 13.6 Å². The van der Waals surface area contributed by atoms with Gasteiger partial charge >= 0.3 is 0 Å². The Kier molecular flexibility index (Phi) is 7.45. The highest BCUT2D eigenvalue weighted by atomic mass is 19.1. The van der Waals surface area contributed by atoms with E-state index in [4.69, 9.17) is 9.47 Å². The highest BCUT2D eigenvalue weighted by Gasteiger charge is 2.20. The van der Waals surface area contributed by atoms with Gasteiger partial charge in [0.05, 0.1) is 25.6 Å². The number of anilines is 4. The van der Waals surface area contributed by atoms with Crippen LogP contribution in [0.1, 0.15) is 11.1 Å². The maximum absolute atomic E-state index is 14.5. The molecule has 0 saturated heterocycles. The van der Waals surface area contributed by atoms with Gasteiger partial charge < -0.3 is 25.4 Å². The molecule has 0 saturated carbocycles. The molecule has 1 amide bonds. The number of rotatable bonds is 9. The van der Waals surface area contributed by atoms with Gasteiger partial charge in [-0.05, 0) is 36.3 Å². The number of pyridine rings is 1. The molecule has 3 N–H and O–H groups in total. The Morgan fingerprint density at radius 1 is 1.09 bits per heavy atom. The molecule has 1 aromatic heterocycles. The predicted molar refractivity (Wildman–Crippen MR) is 124 cm³/mol. The van der Waals surface area contributed by atoms with Crippen molar-refractivity contribution >= 4 is 28.8 Å². The number of methoxy groups -OCH3 is 2. The summed E-state index contributed by atoms with van der Waals surface area (Å²) in [4.78, 5) is 16.1. The normalized spacial score (nSPS) is 10.3. The molecular formula is C24H24F2N4O3. The lowest BCUT2D eigenvalue weighted by Gasteiger charge is -2.15. The van der Waals surface area contributed by atoms with Gasteiger partial charge in [0.2, 0.25) is 5.91 Å². The Bertz CT molecular complexity index is 1140. The Labute approximate surface area is 190 Å². The Morgan fingerprint density at radius 3 is 2.36 bits per heavy atom. The van der Waals surface area contributed by atoms with Crippen molar-refractivity contribution in [1.29, 1.82) is 0 Å². The molecule has 2 aromatic carbocycles. The average molecular weight is 454 g/mol. The largest absolute Gasteiger partial charge is 0.493 e. The second-order valence-corrected chi connectivity index (χ2v) is 7.01. The van der Waals surface area contributed by atoms with Crippen LogP contribution in [0, 0.1) is 18.6 Å². The van der Waals surface area contributed by atoms with E-state index in [1.807, 2.05) is 19.1 Å². The molecule has 0 aliphatic heterocycles. The lowest BCUT2D eigenvalue weighted by atomic mass is 10.1. The Balaban J connectivity index is 1.76. The number of amides is 1. The van der Waals surface area contributed by atoms with E-state index in [0.29, 0.717) is 22.8 Å². The molecule has 0 spiro atoms. The third kappa shape index (κ3) is 5.38. The topological polar surface area (TPSA) is 84.5 Å². The smallest absolute Gasteiger partial charge is 0.247 e. The molecule has 0 bridgehead atoms. The first-order valence-corrected chi connectivity index (χ1v) is 9.96. The van der Waals surface area contributed by atoms with E-state index in [-0.39, 0.29) is 29.6 Å². The van der Waals surface area contributed by atoms with Crippen LogP contribution in [0.25, 0.3) is 0 Å². The van der Waals surface area contributed by atoms with Gasteiger partial charge in [0.25, 0.3) is 0 Å². The van der Waals surface area contributed by atoms with Crippen LogP contribution >= 0.6 is 0 Å². The number of nitrogens with one attached hydrogen (secondary N) is 3. The van der Waals surface area contributed by atoms with Crippen LogP contribution in [0.4, 0.5) is 31.7 Å². The van der Waals surface area contributed by atoms with E-state index >= 15 is 0 Å². The fraction of sp³-hybridized carbons (Fsp3) is 0.167. The van der Waals surface area contributed by atoms with Crippen LogP contribution in [0.2, 0.25) is 0 Å². The van der Waals surface area contributed by atoms with Crippen LogP contribution in [0.15, 0.2) is 55.3 Å². The molecule has 33 heavy (non-hydrogen) atoms. The van der Waals surface area contributed by atoms with E-state index < -0.39 is 11.6 Å². The number of aromatic nitrogens is 1. The summed E-state index contributed by atoms with van der Waals surface area (Å²) in [5.74, 6) is -1.77. The lowest BCUT2D eigenvalue weighted by Crippen LogP contribution is -2.10. The molecule has 3 rings (SSSR count). The first-order valence-electron chi connectivity index (χ1n) is 9.96. The molecule has 0 fully saturated rings. The van der Waals surface area contributed by atoms with Crippen molar-refractivity contribution in [3.63, 3.8) is 0 Å². The van der Waals surface area contributed by atoms with Crippen LogP contribution in [-0.2, 0) is 11.3 Å². The minimum Gasteiger partial charge on any atom is -0.493 e. The Hall–Kier alpha value is -4.14. The predicted octanol–water partition coefficient (Wildman–Crippen LogP) is 5.17. The third-order valence-corrected chi connectivity index (χ3v) is 4.84. The average Bonchev–Trinajstić information content (AvgIpc) is 2.82. The Morgan fingerprint density at radius 2 is 1.79 bits per heavy atom. The summed E-state index contributed by atoms with van der Waals surface area (Å²) < 4.78 is 38.9. The summed E-state index contributed by atoms with van der Waals surface area (Å²) in [6.45, 7) is 5.47. The molecule has 9 heteroatoms. The molecule has 7 nitrogen and oxygen atoms in total. The zero-order chi connectivity index (χ0) is 24.0. The zero-order valence-corrected chi connectivity index (χ0v) is 18.5. The number of ether oxygens (including phenoxy) is 2. The number of carbonyl (C=O) groups excluding carboxylic acids is 1. The quantitative estimate of drug-likeness (QED) is 0.387. The van der Waals surface area contributed by atoms with Crippen molar-refractivity contribution in [2.45, 2.75) is 13.5 Å². The van der Waals surface area contributed by atoms with E-state index in [2.05, 4.69) is 27.5 Å². The van der Waals surface area contributed by atoms with Crippen LogP contribution < -0.4 is 25.4 Å². The maximum atomic E-state index is 14.5. The van der Waals surface area contributed by atoms with Gasteiger partial charge in [0.1, 0.15) is 11.5 Å². The number of para-hydroxylation sites is 1. The van der Waals surface area contributed by atoms with Crippen molar-refractivity contribution in [3.05, 3.63) is 78.0 Å². The van der Waals surface area contributed by atoms with Gasteiger partial charge in [-0.15, -0.1) is 0 Å². The summed E-state index contributed by atoms with van der Waals surface area (Å²) in [7, 11) is 2.58. The summed E-state index contributed by atoms with van der Waals surface area (Å²) in [6, 6.07) is 10.1. The van der Waals surface area contributed by atoms with Crippen molar-refractivity contribution in [2.75, 3.05) is 30.2 Å². The number of nitrogens with zero attached hydrogens (tertiary/aromatic N) is 1. The number of benzene rings is 2. The number of carbonyl (C=O) groups is 1. The van der Waals surface area contributed by atoms with E-state index in [0.717, 1.165) is 11.6 Å². The highest BCUT2D eigenvalue weighted by molar-refractivity contribution is 6.01. The maximum Gasteiger partial charge on any atom is 0.247 e. The molecular weight excluding hydrogens is 430 g/mol. The van der Waals surface area contributed by atoms with E-state index in [1.165, 1.54) is 20.3 Å². The first kappa shape index (κ1) is 23.5. The minimum atomic E-state index is -0.851. The van der Waals surface area contributed by atoms with Gasteiger partial charge in [-0.3, -0.25) is 4.79 Å². The van der Waals surface area contributed by atoms with Crippen LogP contribution in [0.5, 0.6) is 11.5 Å². The van der Waals surface area contributed by atoms with Crippen LogP contribution in [-0.4, -0.2) is 25.1 Å². The van der Waals surface area contributed by atoms with Crippen molar-refractivity contribution in [1.82, 2.24) is 4.98 Å². The SMILES string of the molecule is C=CC(=O)Nc1cccc(C)c1Nc1ccc(CNc2c(F)c(OC)cc(OC)c2F)cn1. The summed E-state index contributed by atoms with van der Waals surface area (Å²) in [5, 5.41) is 8.67. The van der Waals surface area contributed by atoms with Gasteiger partial charge in [-0.25, -0.2) is 13.8 Å². The number of aryl methyl sites for hydroxylation is 1. The molecule has 0 aliphatic carbocycles. The number of hydrogen-bond acceptors (Lipinski definition) is 6. The second kappa shape index (κ2) is 10.4.